The number of sulfonamides is 1. The van der Waals surface area contributed by atoms with Crippen molar-refractivity contribution in [3.63, 3.8) is 0 Å². The standard InChI is InChI=1S/C16H22N2O2S/c1-13-11-16(9-8-15(13)12-17)21(19,20)18-10-4-7-14-5-2-3-6-14/h8-9,11,14,18H,2-7,10H2,1H3. The van der Waals surface area contributed by atoms with Gasteiger partial charge in [-0.25, -0.2) is 13.1 Å². The molecule has 1 fully saturated rings. The Balaban J connectivity index is 1.89. The summed E-state index contributed by atoms with van der Waals surface area (Å²) < 4.78 is 27.0. The summed E-state index contributed by atoms with van der Waals surface area (Å²) in [6.45, 7) is 2.23. The molecule has 1 aliphatic carbocycles. The van der Waals surface area contributed by atoms with Gasteiger partial charge in [0.05, 0.1) is 16.5 Å². The van der Waals surface area contributed by atoms with E-state index in [4.69, 9.17) is 5.26 Å². The van der Waals surface area contributed by atoms with E-state index in [0.29, 0.717) is 17.7 Å². The van der Waals surface area contributed by atoms with Gasteiger partial charge in [0, 0.05) is 6.54 Å². The first kappa shape index (κ1) is 16.0. The van der Waals surface area contributed by atoms with Crippen molar-refractivity contribution >= 4 is 10.0 Å². The van der Waals surface area contributed by atoms with Gasteiger partial charge in [-0.2, -0.15) is 5.26 Å². The molecule has 1 N–H and O–H groups in total. The molecule has 0 saturated heterocycles. The fourth-order valence-corrected chi connectivity index (χ4v) is 4.07. The maximum Gasteiger partial charge on any atom is 0.240 e. The third-order valence-corrected chi connectivity index (χ3v) is 5.64. The van der Waals surface area contributed by atoms with Crippen LogP contribution in [0.4, 0.5) is 0 Å². The monoisotopic (exact) mass is 306 g/mol. The third kappa shape index (κ3) is 4.29. The number of nitrogens with one attached hydrogen (secondary N) is 1. The molecule has 0 unspecified atom stereocenters. The van der Waals surface area contributed by atoms with Gasteiger partial charge in [-0.15, -0.1) is 0 Å². The molecular weight excluding hydrogens is 284 g/mol. The normalized spacial score (nSPS) is 16.0. The lowest BCUT2D eigenvalue weighted by Crippen LogP contribution is -2.25. The molecule has 0 spiro atoms. The topological polar surface area (TPSA) is 70.0 Å². The molecule has 5 heteroatoms. The third-order valence-electron chi connectivity index (χ3n) is 4.18. The van der Waals surface area contributed by atoms with Gasteiger partial charge >= 0.3 is 0 Å². The van der Waals surface area contributed by atoms with Crippen molar-refractivity contribution in [2.75, 3.05) is 6.54 Å². The van der Waals surface area contributed by atoms with E-state index in [9.17, 15) is 8.42 Å². The van der Waals surface area contributed by atoms with E-state index in [1.807, 2.05) is 6.07 Å². The number of aryl methyl sites for hydroxylation is 1. The van der Waals surface area contributed by atoms with Crippen molar-refractivity contribution in [3.8, 4) is 6.07 Å². The Kier molecular flexibility index (Phi) is 5.38. The number of benzene rings is 1. The number of rotatable bonds is 6. The molecule has 0 atom stereocenters. The molecular formula is C16H22N2O2S. The van der Waals surface area contributed by atoms with Crippen LogP contribution in [0.3, 0.4) is 0 Å². The van der Waals surface area contributed by atoms with E-state index < -0.39 is 10.0 Å². The van der Waals surface area contributed by atoms with Crippen molar-refractivity contribution in [3.05, 3.63) is 29.3 Å². The fraction of sp³-hybridized carbons (Fsp3) is 0.562. The molecule has 1 aromatic carbocycles. The molecule has 2 rings (SSSR count). The predicted molar refractivity (Wildman–Crippen MR) is 82.3 cm³/mol. The summed E-state index contributed by atoms with van der Waals surface area (Å²) in [6, 6.07) is 6.64. The van der Waals surface area contributed by atoms with Crippen LogP contribution >= 0.6 is 0 Å². The van der Waals surface area contributed by atoms with Gasteiger partial charge in [-0.3, -0.25) is 0 Å². The number of hydrogen-bond donors (Lipinski definition) is 1. The highest BCUT2D eigenvalue weighted by Crippen LogP contribution is 2.28. The van der Waals surface area contributed by atoms with Crippen LogP contribution in [0.25, 0.3) is 0 Å². The first-order valence-corrected chi connectivity index (χ1v) is 9.01. The van der Waals surface area contributed by atoms with Crippen LogP contribution in [0.15, 0.2) is 23.1 Å². The first-order chi connectivity index (χ1) is 10.0. The molecule has 1 saturated carbocycles. The second-order valence-corrected chi connectivity index (χ2v) is 7.55. The van der Waals surface area contributed by atoms with Gasteiger partial charge in [0.15, 0.2) is 0 Å². The average molecular weight is 306 g/mol. The van der Waals surface area contributed by atoms with Crippen molar-refractivity contribution in [2.24, 2.45) is 5.92 Å². The van der Waals surface area contributed by atoms with E-state index in [1.165, 1.54) is 31.7 Å². The summed E-state index contributed by atoms with van der Waals surface area (Å²) >= 11 is 0. The van der Waals surface area contributed by atoms with E-state index in [1.54, 1.807) is 19.1 Å². The van der Waals surface area contributed by atoms with Crippen LogP contribution in [0.5, 0.6) is 0 Å². The van der Waals surface area contributed by atoms with Gasteiger partial charge in [0.2, 0.25) is 10.0 Å². The second-order valence-electron chi connectivity index (χ2n) is 5.78. The van der Waals surface area contributed by atoms with Crippen molar-refractivity contribution in [2.45, 2.75) is 50.3 Å². The molecule has 0 amide bonds. The quantitative estimate of drug-likeness (QED) is 0.821. The zero-order valence-electron chi connectivity index (χ0n) is 12.4. The van der Waals surface area contributed by atoms with Crippen LogP contribution < -0.4 is 4.72 Å². The van der Waals surface area contributed by atoms with Gasteiger partial charge < -0.3 is 0 Å². The maximum absolute atomic E-state index is 12.2. The number of nitrogens with zero attached hydrogens (tertiary/aromatic N) is 1. The minimum atomic E-state index is -3.46. The van der Waals surface area contributed by atoms with Crippen LogP contribution in [0, 0.1) is 24.2 Å². The molecule has 21 heavy (non-hydrogen) atoms. The molecule has 0 aromatic heterocycles. The Labute approximate surface area is 127 Å². The summed E-state index contributed by atoms with van der Waals surface area (Å²) in [5, 5.41) is 8.87. The fourth-order valence-electron chi connectivity index (χ4n) is 2.91. The van der Waals surface area contributed by atoms with Crippen molar-refractivity contribution < 1.29 is 8.42 Å². The smallest absolute Gasteiger partial charge is 0.211 e. The van der Waals surface area contributed by atoms with Crippen LogP contribution in [0.1, 0.15) is 49.7 Å². The number of hydrogen-bond acceptors (Lipinski definition) is 3. The van der Waals surface area contributed by atoms with Crippen LogP contribution in [-0.4, -0.2) is 15.0 Å². The van der Waals surface area contributed by atoms with Crippen LogP contribution in [-0.2, 0) is 10.0 Å². The van der Waals surface area contributed by atoms with E-state index >= 15 is 0 Å². The molecule has 114 valence electrons. The average Bonchev–Trinajstić information content (AvgIpc) is 2.97. The summed E-state index contributed by atoms with van der Waals surface area (Å²) in [5.74, 6) is 0.784. The van der Waals surface area contributed by atoms with Crippen LogP contribution in [0.2, 0.25) is 0 Å². The predicted octanol–water partition coefficient (Wildman–Crippen LogP) is 3.12. The van der Waals surface area contributed by atoms with E-state index in [-0.39, 0.29) is 4.90 Å². The second kappa shape index (κ2) is 7.06. The summed E-state index contributed by atoms with van der Waals surface area (Å²) in [7, 11) is -3.46. The summed E-state index contributed by atoms with van der Waals surface area (Å²) in [6.07, 6.45) is 7.22. The Morgan fingerprint density at radius 3 is 2.67 bits per heavy atom. The lowest BCUT2D eigenvalue weighted by molar-refractivity contribution is 0.480. The first-order valence-electron chi connectivity index (χ1n) is 7.53. The summed E-state index contributed by atoms with van der Waals surface area (Å²) in [4.78, 5) is 0.236. The van der Waals surface area contributed by atoms with Gasteiger partial charge in [-0.1, -0.05) is 25.7 Å². The minimum absolute atomic E-state index is 0.236. The molecule has 0 aliphatic heterocycles. The summed E-state index contributed by atoms with van der Waals surface area (Å²) in [5.41, 5.74) is 1.20. The maximum atomic E-state index is 12.2. The van der Waals surface area contributed by atoms with Crippen molar-refractivity contribution in [1.29, 1.82) is 5.26 Å². The Hall–Kier alpha value is -1.38. The molecule has 0 bridgehead atoms. The largest absolute Gasteiger partial charge is 0.240 e. The lowest BCUT2D eigenvalue weighted by atomic mass is 10.0. The van der Waals surface area contributed by atoms with Gasteiger partial charge in [0.25, 0.3) is 0 Å². The molecule has 4 nitrogen and oxygen atoms in total. The Morgan fingerprint density at radius 2 is 2.05 bits per heavy atom. The highest BCUT2D eigenvalue weighted by Gasteiger charge is 2.17. The van der Waals surface area contributed by atoms with Gasteiger partial charge in [-0.05, 0) is 49.4 Å². The van der Waals surface area contributed by atoms with Gasteiger partial charge in [0.1, 0.15) is 0 Å². The number of nitriles is 1. The molecule has 1 aromatic rings. The molecule has 0 radical (unpaired) electrons. The van der Waals surface area contributed by atoms with E-state index in [2.05, 4.69) is 4.72 Å². The highest BCUT2D eigenvalue weighted by atomic mass is 32.2. The highest BCUT2D eigenvalue weighted by molar-refractivity contribution is 7.89. The van der Waals surface area contributed by atoms with Crippen molar-refractivity contribution in [1.82, 2.24) is 4.72 Å². The SMILES string of the molecule is Cc1cc(S(=O)(=O)NCCCC2CCCC2)ccc1C#N. The zero-order chi connectivity index (χ0) is 15.3. The minimum Gasteiger partial charge on any atom is -0.211 e. The zero-order valence-corrected chi connectivity index (χ0v) is 13.2. The molecule has 0 heterocycles. The molecule has 1 aliphatic rings. The Bertz CT molecular complexity index is 626. The van der Waals surface area contributed by atoms with E-state index in [0.717, 1.165) is 18.8 Å². The Morgan fingerprint density at radius 1 is 1.33 bits per heavy atom. The lowest BCUT2D eigenvalue weighted by Gasteiger charge is -2.10.